The van der Waals surface area contributed by atoms with Crippen LogP contribution in [0.3, 0.4) is 0 Å². The number of nitrogens with one attached hydrogen (secondary N) is 2. The van der Waals surface area contributed by atoms with E-state index < -0.39 is 0 Å². The topological polar surface area (TPSA) is 44.4 Å². The van der Waals surface area contributed by atoms with Crippen LogP contribution in [-0.2, 0) is 4.79 Å². The minimum atomic E-state index is -0.329. The number of carbonyl (C=O) groups is 1. The zero-order chi connectivity index (χ0) is 12.3. The van der Waals surface area contributed by atoms with Gasteiger partial charge in [0.25, 0.3) is 0 Å². The highest BCUT2D eigenvalue weighted by Gasteiger charge is 2.35. The predicted octanol–water partition coefficient (Wildman–Crippen LogP) is 0.729. The molecule has 2 unspecified atom stereocenters. The van der Waals surface area contributed by atoms with Crippen LogP contribution in [0, 0.1) is 0 Å². The molecule has 4 nitrogen and oxygen atoms in total. The first-order valence-corrected chi connectivity index (χ1v) is 6.89. The molecule has 2 N–H and O–H groups in total. The van der Waals surface area contributed by atoms with Crippen molar-refractivity contribution >= 4 is 5.91 Å². The van der Waals surface area contributed by atoms with Gasteiger partial charge in [0.15, 0.2) is 0 Å². The normalized spacial score (nSPS) is 31.6. The Labute approximate surface area is 104 Å². The number of rotatable bonds is 4. The van der Waals surface area contributed by atoms with Crippen molar-refractivity contribution < 1.29 is 4.79 Å². The molecular weight excluding hydrogens is 214 g/mol. The van der Waals surface area contributed by atoms with E-state index in [2.05, 4.69) is 22.5 Å². The van der Waals surface area contributed by atoms with E-state index in [1.165, 1.54) is 25.9 Å². The fourth-order valence-corrected chi connectivity index (χ4v) is 2.84. The minimum Gasteiger partial charge on any atom is -0.353 e. The van der Waals surface area contributed by atoms with Crippen LogP contribution in [0.4, 0.5) is 0 Å². The lowest BCUT2D eigenvalue weighted by Crippen LogP contribution is -2.53. The second-order valence-corrected chi connectivity index (χ2v) is 5.66. The molecule has 2 aliphatic heterocycles. The van der Waals surface area contributed by atoms with Crippen molar-refractivity contribution in [3.05, 3.63) is 0 Å². The maximum Gasteiger partial charge on any atom is 0.240 e. The Bertz CT molecular complexity index is 268. The Morgan fingerprint density at radius 1 is 1.41 bits per heavy atom. The molecule has 2 saturated heterocycles. The lowest BCUT2D eigenvalue weighted by Gasteiger charge is -2.27. The fourth-order valence-electron chi connectivity index (χ4n) is 2.84. The van der Waals surface area contributed by atoms with E-state index in [0.29, 0.717) is 6.04 Å². The first-order chi connectivity index (χ1) is 8.12. The van der Waals surface area contributed by atoms with Crippen molar-refractivity contribution in [2.45, 2.75) is 51.1 Å². The van der Waals surface area contributed by atoms with E-state index >= 15 is 0 Å². The average Bonchev–Trinajstić information content (AvgIpc) is 2.96. The summed E-state index contributed by atoms with van der Waals surface area (Å²) in [6.45, 7) is 8.33. The number of hydrogen-bond acceptors (Lipinski definition) is 3. The Hall–Kier alpha value is -0.610. The summed E-state index contributed by atoms with van der Waals surface area (Å²) in [4.78, 5) is 14.6. The Morgan fingerprint density at radius 3 is 2.71 bits per heavy atom. The third-order valence-electron chi connectivity index (χ3n) is 4.19. The summed E-state index contributed by atoms with van der Waals surface area (Å²) < 4.78 is 0. The Morgan fingerprint density at radius 2 is 2.12 bits per heavy atom. The standard InChI is InChI=1S/C13H25N3O/c1-11(16-8-3-4-9-16)10-14-12(17)13(2)6-5-7-15-13/h11,15H,3-10H2,1-2H3,(H,14,17). The lowest BCUT2D eigenvalue weighted by molar-refractivity contribution is -0.126. The van der Waals surface area contributed by atoms with E-state index in [0.717, 1.165) is 25.9 Å². The van der Waals surface area contributed by atoms with Gasteiger partial charge in [0.2, 0.25) is 5.91 Å². The Balaban J connectivity index is 1.75. The molecule has 98 valence electrons. The van der Waals surface area contributed by atoms with Gasteiger partial charge in [-0.1, -0.05) is 0 Å². The van der Waals surface area contributed by atoms with Gasteiger partial charge in [0.05, 0.1) is 5.54 Å². The van der Waals surface area contributed by atoms with Crippen molar-refractivity contribution in [3.8, 4) is 0 Å². The van der Waals surface area contributed by atoms with Crippen molar-refractivity contribution in [1.29, 1.82) is 0 Å². The van der Waals surface area contributed by atoms with Crippen LogP contribution >= 0.6 is 0 Å². The van der Waals surface area contributed by atoms with Crippen LogP contribution in [0.5, 0.6) is 0 Å². The quantitative estimate of drug-likeness (QED) is 0.760. The van der Waals surface area contributed by atoms with E-state index in [4.69, 9.17) is 0 Å². The first kappa shape index (κ1) is 12.8. The highest BCUT2D eigenvalue weighted by molar-refractivity contribution is 5.86. The van der Waals surface area contributed by atoms with Crippen LogP contribution < -0.4 is 10.6 Å². The zero-order valence-electron chi connectivity index (χ0n) is 11.1. The lowest BCUT2D eigenvalue weighted by atomic mass is 9.99. The molecule has 0 aromatic heterocycles. The summed E-state index contributed by atoms with van der Waals surface area (Å²) in [6.07, 6.45) is 4.66. The van der Waals surface area contributed by atoms with Gasteiger partial charge in [-0.15, -0.1) is 0 Å². The van der Waals surface area contributed by atoms with Gasteiger partial charge >= 0.3 is 0 Å². The van der Waals surface area contributed by atoms with E-state index in [9.17, 15) is 4.79 Å². The highest BCUT2D eigenvalue weighted by atomic mass is 16.2. The fraction of sp³-hybridized carbons (Fsp3) is 0.923. The maximum absolute atomic E-state index is 12.1. The molecule has 0 radical (unpaired) electrons. The van der Waals surface area contributed by atoms with Gasteiger partial charge in [-0.05, 0) is 59.2 Å². The van der Waals surface area contributed by atoms with E-state index in [1.54, 1.807) is 0 Å². The summed E-state index contributed by atoms with van der Waals surface area (Å²) in [6, 6.07) is 0.464. The molecule has 2 aliphatic rings. The van der Waals surface area contributed by atoms with Crippen LogP contribution in [0.15, 0.2) is 0 Å². The predicted molar refractivity (Wildman–Crippen MR) is 68.9 cm³/mol. The van der Waals surface area contributed by atoms with E-state index in [-0.39, 0.29) is 11.4 Å². The number of amides is 1. The van der Waals surface area contributed by atoms with Crippen molar-refractivity contribution in [1.82, 2.24) is 15.5 Å². The van der Waals surface area contributed by atoms with Crippen LogP contribution in [0.2, 0.25) is 0 Å². The molecule has 0 saturated carbocycles. The van der Waals surface area contributed by atoms with Crippen LogP contribution in [0.1, 0.15) is 39.5 Å². The SMILES string of the molecule is CC(CNC(=O)C1(C)CCCN1)N1CCCC1. The zero-order valence-corrected chi connectivity index (χ0v) is 11.1. The molecular formula is C13H25N3O. The molecule has 0 spiro atoms. The Kier molecular flexibility index (Phi) is 4.05. The third kappa shape index (κ3) is 2.99. The number of carbonyl (C=O) groups excluding carboxylic acids is 1. The summed E-state index contributed by atoms with van der Waals surface area (Å²) in [5, 5.41) is 6.40. The molecule has 2 fully saturated rings. The molecule has 2 heterocycles. The monoisotopic (exact) mass is 239 g/mol. The smallest absolute Gasteiger partial charge is 0.240 e. The van der Waals surface area contributed by atoms with Crippen molar-refractivity contribution in [3.63, 3.8) is 0 Å². The summed E-state index contributed by atoms with van der Waals surface area (Å²) in [5.74, 6) is 0.168. The molecule has 0 aromatic carbocycles. The molecule has 0 aliphatic carbocycles. The largest absolute Gasteiger partial charge is 0.353 e. The minimum absolute atomic E-state index is 0.168. The van der Waals surface area contributed by atoms with Gasteiger partial charge in [-0.3, -0.25) is 9.69 Å². The van der Waals surface area contributed by atoms with E-state index in [1.807, 2.05) is 6.92 Å². The molecule has 17 heavy (non-hydrogen) atoms. The van der Waals surface area contributed by atoms with Gasteiger partial charge in [0, 0.05) is 12.6 Å². The molecule has 2 atom stereocenters. The highest BCUT2D eigenvalue weighted by Crippen LogP contribution is 2.18. The third-order valence-corrected chi connectivity index (χ3v) is 4.19. The maximum atomic E-state index is 12.1. The first-order valence-electron chi connectivity index (χ1n) is 6.89. The molecule has 1 amide bonds. The molecule has 2 rings (SSSR count). The number of nitrogens with zero attached hydrogens (tertiary/aromatic N) is 1. The van der Waals surface area contributed by atoms with Gasteiger partial charge in [-0.2, -0.15) is 0 Å². The van der Waals surface area contributed by atoms with Crippen LogP contribution in [0.25, 0.3) is 0 Å². The summed E-state index contributed by atoms with van der Waals surface area (Å²) >= 11 is 0. The number of hydrogen-bond donors (Lipinski definition) is 2. The van der Waals surface area contributed by atoms with Gasteiger partial charge < -0.3 is 10.6 Å². The van der Waals surface area contributed by atoms with Crippen LogP contribution in [-0.4, -0.2) is 48.6 Å². The van der Waals surface area contributed by atoms with Gasteiger partial charge in [0.1, 0.15) is 0 Å². The second kappa shape index (κ2) is 5.36. The number of likely N-dealkylation sites (tertiary alicyclic amines) is 1. The van der Waals surface area contributed by atoms with Crippen molar-refractivity contribution in [2.24, 2.45) is 0 Å². The van der Waals surface area contributed by atoms with Gasteiger partial charge in [-0.25, -0.2) is 0 Å². The summed E-state index contributed by atoms with van der Waals surface area (Å²) in [7, 11) is 0. The molecule has 4 heteroatoms. The summed E-state index contributed by atoms with van der Waals surface area (Å²) in [5.41, 5.74) is -0.329. The molecule has 0 bridgehead atoms. The van der Waals surface area contributed by atoms with Crippen molar-refractivity contribution in [2.75, 3.05) is 26.2 Å². The molecule has 0 aromatic rings. The second-order valence-electron chi connectivity index (χ2n) is 5.66. The average molecular weight is 239 g/mol.